The summed E-state index contributed by atoms with van der Waals surface area (Å²) in [6.45, 7) is 20.9. The largest absolute Gasteiger partial charge is 0.349 e. The van der Waals surface area contributed by atoms with E-state index in [0.717, 1.165) is 38.5 Å². The van der Waals surface area contributed by atoms with Crippen LogP contribution in [0.2, 0.25) is 0 Å². The highest BCUT2D eigenvalue weighted by Gasteiger charge is 2.09. The van der Waals surface area contributed by atoms with E-state index in [9.17, 15) is 0 Å². The zero-order valence-electron chi connectivity index (χ0n) is 25.3. The molecule has 0 heterocycles. The topological polar surface area (TPSA) is 18.5 Å². The van der Waals surface area contributed by atoms with Crippen LogP contribution in [0.3, 0.4) is 0 Å². The highest BCUT2D eigenvalue weighted by molar-refractivity contribution is 5.09. The van der Waals surface area contributed by atoms with E-state index in [1.807, 2.05) is 13.8 Å². The molecule has 0 N–H and O–H groups in total. The van der Waals surface area contributed by atoms with Gasteiger partial charge in [-0.15, -0.1) is 0 Å². The summed E-state index contributed by atoms with van der Waals surface area (Å²) in [4.78, 5) is 0. The van der Waals surface area contributed by atoms with Crippen LogP contribution < -0.4 is 0 Å². The van der Waals surface area contributed by atoms with Gasteiger partial charge in [-0.1, -0.05) is 64.3 Å². The van der Waals surface area contributed by atoms with E-state index in [2.05, 4.69) is 84.9 Å². The number of rotatable bonds is 20. The molecule has 0 spiro atoms. The molecule has 0 amide bonds. The highest BCUT2D eigenvalue weighted by Crippen LogP contribution is 2.16. The molecular weight excluding hydrogens is 440 g/mol. The Balaban J connectivity index is 4.22. The number of hydrogen-bond donors (Lipinski definition) is 0. The monoisotopic (exact) mass is 498 g/mol. The lowest BCUT2D eigenvalue weighted by Gasteiger charge is -2.17. The number of ether oxygens (including phenoxy) is 2. The van der Waals surface area contributed by atoms with E-state index in [4.69, 9.17) is 9.47 Å². The van der Waals surface area contributed by atoms with Crippen molar-refractivity contribution in [3.8, 4) is 0 Å². The SMILES string of the molecule is CCOC(OCC)C(C)=CCC/C(C)=C/CC/C(C)=C/CC/C=C(\C)CC/C=C(\C)CCC=C(C)C. The van der Waals surface area contributed by atoms with Gasteiger partial charge in [0.1, 0.15) is 0 Å². The minimum Gasteiger partial charge on any atom is -0.349 e. The van der Waals surface area contributed by atoms with Crippen molar-refractivity contribution in [3.05, 3.63) is 69.9 Å². The second-order valence-electron chi connectivity index (χ2n) is 10.4. The summed E-state index contributed by atoms with van der Waals surface area (Å²) < 4.78 is 11.3. The van der Waals surface area contributed by atoms with Crippen LogP contribution in [-0.4, -0.2) is 19.5 Å². The Morgan fingerprint density at radius 3 is 1.17 bits per heavy atom. The smallest absolute Gasteiger partial charge is 0.179 e. The maximum atomic E-state index is 5.67. The fourth-order valence-corrected chi connectivity index (χ4v) is 3.99. The van der Waals surface area contributed by atoms with Gasteiger partial charge in [-0.25, -0.2) is 0 Å². The van der Waals surface area contributed by atoms with Gasteiger partial charge in [0.25, 0.3) is 0 Å². The molecular formula is C34H58O2. The quantitative estimate of drug-likeness (QED) is 0.0943. The average molecular weight is 499 g/mol. The molecule has 0 saturated carbocycles. The van der Waals surface area contributed by atoms with E-state index in [1.54, 1.807) is 0 Å². The van der Waals surface area contributed by atoms with Gasteiger partial charge in [-0.3, -0.25) is 0 Å². The molecule has 0 aromatic rings. The molecule has 0 aliphatic heterocycles. The first-order valence-electron chi connectivity index (χ1n) is 14.3. The van der Waals surface area contributed by atoms with Crippen molar-refractivity contribution in [1.82, 2.24) is 0 Å². The van der Waals surface area contributed by atoms with Crippen LogP contribution in [0.4, 0.5) is 0 Å². The van der Waals surface area contributed by atoms with Crippen molar-refractivity contribution >= 4 is 0 Å². The Hall–Kier alpha value is -1.64. The Morgan fingerprint density at radius 1 is 0.472 bits per heavy atom. The zero-order valence-corrected chi connectivity index (χ0v) is 25.3. The minimum atomic E-state index is -0.195. The molecule has 0 atom stereocenters. The second kappa shape index (κ2) is 22.5. The number of allylic oxidation sites excluding steroid dienone is 11. The Bertz CT molecular complexity index is 748. The van der Waals surface area contributed by atoms with Crippen molar-refractivity contribution < 1.29 is 9.47 Å². The summed E-state index contributed by atoms with van der Waals surface area (Å²) in [5.41, 5.74) is 8.61. The van der Waals surface area contributed by atoms with E-state index in [0.29, 0.717) is 13.2 Å². The van der Waals surface area contributed by atoms with Crippen molar-refractivity contribution in [2.75, 3.05) is 13.2 Å². The molecule has 0 aromatic carbocycles. The number of unbranched alkanes of at least 4 members (excludes halogenated alkanes) is 1. The molecule has 0 aliphatic carbocycles. The van der Waals surface area contributed by atoms with Crippen LogP contribution in [0.1, 0.15) is 127 Å². The Morgan fingerprint density at radius 2 is 0.806 bits per heavy atom. The van der Waals surface area contributed by atoms with Gasteiger partial charge in [0, 0.05) is 13.2 Å². The molecule has 2 nitrogen and oxygen atoms in total. The molecule has 206 valence electrons. The highest BCUT2D eigenvalue weighted by atomic mass is 16.7. The van der Waals surface area contributed by atoms with Crippen molar-refractivity contribution in [3.63, 3.8) is 0 Å². The molecule has 0 unspecified atom stereocenters. The maximum Gasteiger partial charge on any atom is 0.179 e. The van der Waals surface area contributed by atoms with Gasteiger partial charge in [0.15, 0.2) is 6.29 Å². The molecule has 36 heavy (non-hydrogen) atoms. The van der Waals surface area contributed by atoms with Crippen molar-refractivity contribution in [1.29, 1.82) is 0 Å². The maximum absolute atomic E-state index is 5.67. The van der Waals surface area contributed by atoms with E-state index >= 15 is 0 Å². The first kappa shape index (κ1) is 34.4. The fourth-order valence-electron chi connectivity index (χ4n) is 3.99. The van der Waals surface area contributed by atoms with Crippen LogP contribution in [0, 0.1) is 0 Å². The van der Waals surface area contributed by atoms with Gasteiger partial charge in [0.05, 0.1) is 0 Å². The summed E-state index contributed by atoms with van der Waals surface area (Å²) in [6.07, 6.45) is 25.5. The normalized spacial score (nSPS) is 14.1. The van der Waals surface area contributed by atoms with Crippen LogP contribution in [-0.2, 0) is 9.47 Å². The first-order chi connectivity index (χ1) is 17.2. The summed E-state index contributed by atoms with van der Waals surface area (Å²) in [6, 6.07) is 0. The predicted octanol–water partition coefficient (Wildman–Crippen LogP) is 11.0. The van der Waals surface area contributed by atoms with Gasteiger partial charge in [-0.2, -0.15) is 0 Å². The van der Waals surface area contributed by atoms with Crippen LogP contribution in [0.25, 0.3) is 0 Å². The molecule has 0 radical (unpaired) electrons. The molecule has 0 fully saturated rings. The minimum absolute atomic E-state index is 0.195. The van der Waals surface area contributed by atoms with E-state index in [-0.39, 0.29) is 6.29 Å². The van der Waals surface area contributed by atoms with Gasteiger partial charge < -0.3 is 9.47 Å². The molecule has 0 aliphatic rings. The molecule has 0 bridgehead atoms. The zero-order chi connectivity index (χ0) is 27.2. The molecule has 0 aromatic heterocycles. The third-order valence-corrected chi connectivity index (χ3v) is 6.32. The molecule has 0 saturated heterocycles. The van der Waals surface area contributed by atoms with Crippen molar-refractivity contribution in [2.45, 2.75) is 133 Å². The predicted molar refractivity (Wildman–Crippen MR) is 161 cm³/mol. The van der Waals surface area contributed by atoms with Gasteiger partial charge in [0.2, 0.25) is 0 Å². The summed E-state index contributed by atoms with van der Waals surface area (Å²) >= 11 is 0. The summed E-state index contributed by atoms with van der Waals surface area (Å²) in [5, 5.41) is 0. The van der Waals surface area contributed by atoms with Gasteiger partial charge >= 0.3 is 0 Å². The lowest BCUT2D eigenvalue weighted by atomic mass is 10.0. The molecule has 0 rings (SSSR count). The van der Waals surface area contributed by atoms with Crippen LogP contribution in [0.15, 0.2) is 69.9 Å². The van der Waals surface area contributed by atoms with Crippen molar-refractivity contribution in [2.24, 2.45) is 0 Å². The first-order valence-corrected chi connectivity index (χ1v) is 14.3. The van der Waals surface area contributed by atoms with E-state index in [1.165, 1.54) is 59.1 Å². The third-order valence-electron chi connectivity index (χ3n) is 6.32. The van der Waals surface area contributed by atoms with Gasteiger partial charge in [-0.05, 0) is 132 Å². The van der Waals surface area contributed by atoms with Crippen LogP contribution >= 0.6 is 0 Å². The summed E-state index contributed by atoms with van der Waals surface area (Å²) in [7, 11) is 0. The van der Waals surface area contributed by atoms with Crippen LogP contribution in [0.5, 0.6) is 0 Å². The average Bonchev–Trinajstić information content (AvgIpc) is 2.81. The van der Waals surface area contributed by atoms with E-state index < -0.39 is 0 Å². The Labute approximate surface area is 225 Å². The molecule has 2 heteroatoms. The lowest BCUT2D eigenvalue weighted by molar-refractivity contribution is -0.111. The number of hydrogen-bond acceptors (Lipinski definition) is 2. The summed E-state index contributed by atoms with van der Waals surface area (Å²) in [5.74, 6) is 0. The third kappa shape index (κ3) is 20.5. The second-order valence-corrected chi connectivity index (χ2v) is 10.4. The fraction of sp³-hybridized carbons (Fsp3) is 0.647. The standard InChI is InChI=1S/C34H58O2/c1-10-35-34(36-11-2)33(9)27-17-26-32(8)25-16-23-30(6)20-13-12-19-29(5)22-15-24-31(7)21-14-18-28(3)4/h18-20,24-25,27,34H,10-17,21-23,26H2,1-9H3/b29-19+,30-20+,31-24+,32-25+,33-27?. The lowest BCUT2D eigenvalue weighted by Crippen LogP contribution is -2.18. The Kier molecular flexibility index (Phi) is 21.5.